The average molecular weight is 247 g/mol. The van der Waals surface area contributed by atoms with Crippen molar-refractivity contribution >= 4 is 11.6 Å². The minimum atomic E-state index is -0.546. The number of halogens is 3. The lowest BCUT2D eigenvalue weighted by Gasteiger charge is -2.48. The van der Waals surface area contributed by atoms with Crippen LogP contribution in [0.5, 0.6) is 5.75 Å². The molecule has 0 saturated heterocycles. The van der Waals surface area contributed by atoms with E-state index < -0.39 is 11.6 Å². The predicted octanol–water partition coefficient (Wildman–Crippen LogP) is 3.75. The summed E-state index contributed by atoms with van der Waals surface area (Å²) < 4.78 is 31.7. The second-order valence-corrected chi connectivity index (χ2v) is 5.23. The van der Waals surface area contributed by atoms with Gasteiger partial charge in [0.15, 0.2) is 11.6 Å². The summed E-state index contributed by atoms with van der Waals surface area (Å²) in [6.07, 6.45) is 0.496. The van der Waals surface area contributed by atoms with Crippen LogP contribution in [0, 0.1) is 17.0 Å². The van der Waals surface area contributed by atoms with Gasteiger partial charge in [0, 0.05) is 23.3 Å². The maximum absolute atomic E-state index is 13.3. The van der Waals surface area contributed by atoms with E-state index in [1.54, 1.807) is 0 Å². The van der Waals surface area contributed by atoms with Crippen molar-refractivity contribution < 1.29 is 13.5 Å². The summed E-state index contributed by atoms with van der Waals surface area (Å²) in [5, 5.41) is 0.0223. The Labute approximate surface area is 98.4 Å². The maximum Gasteiger partial charge on any atom is 0.165 e. The fourth-order valence-electron chi connectivity index (χ4n) is 1.76. The number of hydrogen-bond donors (Lipinski definition) is 0. The average Bonchev–Trinajstić information content (AvgIpc) is 2.23. The smallest absolute Gasteiger partial charge is 0.165 e. The van der Waals surface area contributed by atoms with E-state index >= 15 is 0 Å². The highest BCUT2D eigenvalue weighted by molar-refractivity contribution is 6.21. The Morgan fingerprint density at radius 3 is 2.62 bits per heavy atom. The second-order valence-electron chi connectivity index (χ2n) is 4.71. The van der Waals surface area contributed by atoms with E-state index in [1.165, 1.54) is 0 Å². The molecular weight excluding hydrogens is 234 g/mol. The molecule has 4 heteroatoms. The molecule has 1 fully saturated rings. The van der Waals surface area contributed by atoms with Gasteiger partial charge < -0.3 is 4.74 Å². The van der Waals surface area contributed by atoms with Gasteiger partial charge in [-0.3, -0.25) is 0 Å². The van der Waals surface area contributed by atoms with E-state index in [0.29, 0.717) is 6.42 Å². The molecule has 0 N–H and O–H groups in total. The summed E-state index contributed by atoms with van der Waals surface area (Å²) in [6.45, 7) is 3.91. The number of hydrogen-bond acceptors (Lipinski definition) is 1. The number of ether oxygens (including phenoxy) is 1. The van der Waals surface area contributed by atoms with Gasteiger partial charge in [-0.25, -0.2) is 8.78 Å². The molecule has 2 atom stereocenters. The summed E-state index contributed by atoms with van der Waals surface area (Å²) in [5.41, 5.74) is -0.208. The SMILES string of the molecule is CC1(C)C(Cl)CC1Oc1cc(F)ccc1F. The van der Waals surface area contributed by atoms with E-state index in [9.17, 15) is 8.78 Å². The van der Waals surface area contributed by atoms with Crippen LogP contribution in [0.1, 0.15) is 20.3 Å². The van der Waals surface area contributed by atoms with E-state index in [1.807, 2.05) is 13.8 Å². The van der Waals surface area contributed by atoms with Gasteiger partial charge in [0.1, 0.15) is 11.9 Å². The molecule has 0 spiro atoms. The van der Waals surface area contributed by atoms with Gasteiger partial charge in [0.25, 0.3) is 0 Å². The summed E-state index contributed by atoms with van der Waals surface area (Å²) in [4.78, 5) is 0. The van der Waals surface area contributed by atoms with Gasteiger partial charge in [-0.1, -0.05) is 13.8 Å². The quantitative estimate of drug-likeness (QED) is 0.722. The Hall–Kier alpha value is -0.830. The molecule has 1 aromatic rings. The van der Waals surface area contributed by atoms with Gasteiger partial charge in [0.05, 0.1) is 0 Å². The maximum atomic E-state index is 13.3. The van der Waals surface area contributed by atoms with Crippen LogP contribution in [0.15, 0.2) is 18.2 Å². The third kappa shape index (κ3) is 1.88. The van der Waals surface area contributed by atoms with Crippen molar-refractivity contribution in [2.45, 2.75) is 31.7 Å². The highest BCUT2D eigenvalue weighted by atomic mass is 35.5. The molecule has 1 aromatic carbocycles. The molecule has 1 aliphatic carbocycles. The number of rotatable bonds is 2. The Bertz CT molecular complexity index is 406. The first kappa shape index (κ1) is 11.6. The molecule has 0 bridgehead atoms. The molecule has 2 rings (SSSR count). The van der Waals surface area contributed by atoms with Crippen molar-refractivity contribution in [3.05, 3.63) is 29.8 Å². The van der Waals surface area contributed by atoms with E-state index in [0.717, 1.165) is 18.2 Å². The lowest BCUT2D eigenvalue weighted by molar-refractivity contribution is -0.0155. The number of benzene rings is 1. The van der Waals surface area contributed by atoms with E-state index in [2.05, 4.69) is 0 Å². The van der Waals surface area contributed by atoms with Crippen molar-refractivity contribution in [2.75, 3.05) is 0 Å². The van der Waals surface area contributed by atoms with E-state index in [4.69, 9.17) is 16.3 Å². The zero-order chi connectivity index (χ0) is 11.9. The molecule has 0 aliphatic heterocycles. The molecule has 88 valence electrons. The minimum absolute atomic E-state index is 0.0223. The van der Waals surface area contributed by atoms with Crippen LogP contribution < -0.4 is 4.74 Å². The van der Waals surface area contributed by atoms with Gasteiger partial charge in [-0.05, 0) is 12.1 Å². The molecule has 0 heterocycles. The van der Waals surface area contributed by atoms with Crippen LogP contribution in [0.3, 0.4) is 0 Å². The highest BCUT2D eigenvalue weighted by Crippen LogP contribution is 2.46. The molecule has 16 heavy (non-hydrogen) atoms. The van der Waals surface area contributed by atoms with Crippen LogP contribution in [0.4, 0.5) is 8.78 Å². The van der Waals surface area contributed by atoms with Crippen molar-refractivity contribution in [1.29, 1.82) is 0 Å². The molecule has 1 saturated carbocycles. The van der Waals surface area contributed by atoms with Crippen molar-refractivity contribution in [3.8, 4) is 5.75 Å². The van der Waals surface area contributed by atoms with Gasteiger partial charge in [-0.15, -0.1) is 11.6 Å². The van der Waals surface area contributed by atoms with E-state index in [-0.39, 0.29) is 22.6 Å². The number of alkyl halides is 1. The Morgan fingerprint density at radius 1 is 1.38 bits per heavy atom. The molecule has 1 nitrogen and oxygen atoms in total. The zero-order valence-electron chi connectivity index (χ0n) is 9.14. The Morgan fingerprint density at radius 2 is 2.06 bits per heavy atom. The van der Waals surface area contributed by atoms with Gasteiger partial charge >= 0.3 is 0 Å². The fraction of sp³-hybridized carbons (Fsp3) is 0.500. The Balaban J connectivity index is 2.13. The first-order valence-corrected chi connectivity index (χ1v) is 5.60. The summed E-state index contributed by atoms with van der Waals surface area (Å²) >= 11 is 6.02. The lowest BCUT2D eigenvalue weighted by atomic mass is 9.68. The van der Waals surface area contributed by atoms with Crippen molar-refractivity contribution in [1.82, 2.24) is 0 Å². The van der Waals surface area contributed by atoms with Crippen LogP contribution >= 0.6 is 11.6 Å². The molecule has 0 radical (unpaired) electrons. The predicted molar refractivity (Wildman–Crippen MR) is 58.8 cm³/mol. The Kier molecular flexibility index (Phi) is 2.82. The first-order chi connectivity index (χ1) is 7.41. The molecule has 0 amide bonds. The first-order valence-electron chi connectivity index (χ1n) is 5.17. The minimum Gasteiger partial charge on any atom is -0.487 e. The highest BCUT2D eigenvalue weighted by Gasteiger charge is 2.49. The van der Waals surface area contributed by atoms with Crippen molar-refractivity contribution in [2.24, 2.45) is 5.41 Å². The summed E-state index contributed by atoms with van der Waals surface area (Å²) in [6, 6.07) is 3.19. The summed E-state index contributed by atoms with van der Waals surface area (Å²) in [5.74, 6) is -1.09. The lowest BCUT2D eigenvalue weighted by Crippen LogP contribution is -2.53. The largest absolute Gasteiger partial charge is 0.487 e. The normalized spacial score (nSPS) is 27.3. The second kappa shape index (κ2) is 3.88. The molecular formula is C12H13ClF2O. The topological polar surface area (TPSA) is 9.23 Å². The zero-order valence-corrected chi connectivity index (χ0v) is 9.89. The molecule has 2 unspecified atom stereocenters. The van der Waals surface area contributed by atoms with Crippen LogP contribution in [-0.4, -0.2) is 11.5 Å². The van der Waals surface area contributed by atoms with Crippen LogP contribution in [0.25, 0.3) is 0 Å². The van der Waals surface area contributed by atoms with Crippen molar-refractivity contribution in [3.63, 3.8) is 0 Å². The molecule has 1 aliphatic rings. The van der Waals surface area contributed by atoms with Gasteiger partial charge in [-0.2, -0.15) is 0 Å². The third-order valence-electron chi connectivity index (χ3n) is 3.22. The fourth-order valence-corrected chi connectivity index (χ4v) is 2.06. The van der Waals surface area contributed by atoms with Crippen LogP contribution in [0.2, 0.25) is 0 Å². The third-order valence-corrected chi connectivity index (χ3v) is 3.96. The monoisotopic (exact) mass is 246 g/mol. The van der Waals surface area contributed by atoms with Crippen LogP contribution in [-0.2, 0) is 0 Å². The van der Waals surface area contributed by atoms with Gasteiger partial charge in [0.2, 0.25) is 0 Å². The summed E-state index contributed by atoms with van der Waals surface area (Å²) in [7, 11) is 0. The standard InChI is InChI=1S/C12H13ClF2O/c1-12(2)10(13)6-11(12)16-9-5-7(14)3-4-8(9)15/h3-5,10-11H,6H2,1-2H3. The molecule has 0 aromatic heterocycles.